The third-order valence-electron chi connectivity index (χ3n) is 18.1. The van der Waals surface area contributed by atoms with Crippen LogP contribution in [-0.4, -0.2) is 8.07 Å². The molecule has 0 unspecified atom stereocenters. The molecule has 0 radical (unpaired) electrons. The molecular weight excluding hydrogens is 1060 g/mol. The molecule has 0 aliphatic carbocycles. The monoisotopic (exact) mass is 1110 g/mol. The lowest BCUT2D eigenvalue weighted by molar-refractivity contribution is 0.669. The Bertz CT molecular complexity index is 5320. The Morgan fingerprint density at radius 1 is 0.267 bits per heavy atom. The molecule has 0 N–H and O–H groups in total. The maximum atomic E-state index is 7.37. The van der Waals surface area contributed by atoms with Crippen LogP contribution in [0.1, 0.15) is 0 Å². The lowest BCUT2D eigenvalue weighted by Crippen LogP contribution is -2.77. The minimum atomic E-state index is -3.39. The van der Waals surface area contributed by atoms with E-state index in [0.29, 0.717) is 0 Å². The number of furan rings is 3. The molecule has 14 aromatic carbocycles. The highest BCUT2D eigenvalue weighted by Gasteiger charge is 2.50. The highest BCUT2D eigenvalue weighted by Crippen LogP contribution is 2.45. The van der Waals surface area contributed by atoms with E-state index in [2.05, 4.69) is 301 Å². The first-order chi connectivity index (χ1) is 42.6. The Morgan fingerprint density at radius 3 is 1.31 bits per heavy atom. The van der Waals surface area contributed by atoms with Gasteiger partial charge in [0.2, 0.25) is 0 Å². The van der Waals surface area contributed by atoms with Crippen molar-refractivity contribution in [1.82, 2.24) is 0 Å². The molecule has 86 heavy (non-hydrogen) atoms. The van der Waals surface area contributed by atoms with Gasteiger partial charge >= 0.3 is 0 Å². The van der Waals surface area contributed by atoms with Gasteiger partial charge in [-0.25, -0.2) is 0 Å². The SMILES string of the molecule is c1ccc(N2c3ccccc3[Si](c3ccc4c(c3)oc3ccccc34)(c3ccc4c(c3)oc3ccccc34)c3cc4oc5cc(N(c6ccc(-c7cccc8ccccc78)cc6)c6ccc(-c7cccc8ccccc78)cc6)ccc5c4cc32)cc1. The second kappa shape index (κ2) is 18.9. The Balaban J connectivity index is 0.860. The summed E-state index contributed by atoms with van der Waals surface area (Å²) in [4.78, 5) is 4.82. The molecule has 4 heterocycles. The molecule has 0 saturated heterocycles. The van der Waals surface area contributed by atoms with Gasteiger partial charge in [0.05, 0.1) is 0 Å². The number of rotatable bonds is 8. The highest BCUT2D eigenvalue weighted by atomic mass is 28.3. The second-order valence-electron chi connectivity index (χ2n) is 22.7. The van der Waals surface area contributed by atoms with Crippen molar-refractivity contribution in [3.63, 3.8) is 0 Å². The molecule has 1 aliphatic rings. The predicted octanol–water partition coefficient (Wildman–Crippen LogP) is 19.7. The summed E-state index contributed by atoms with van der Waals surface area (Å²) in [6, 6.07) is 110. The van der Waals surface area contributed by atoms with Crippen LogP contribution < -0.4 is 30.5 Å². The summed E-state index contributed by atoms with van der Waals surface area (Å²) in [5, 5.41) is 16.2. The molecule has 0 atom stereocenters. The van der Waals surface area contributed by atoms with Crippen LogP contribution in [0.25, 0.3) is 110 Å². The highest BCUT2D eigenvalue weighted by molar-refractivity contribution is 7.21. The summed E-state index contributed by atoms with van der Waals surface area (Å²) >= 11 is 0. The topological polar surface area (TPSA) is 45.9 Å². The van der Waals surface area contributed by atoms with E-state index < -0.39 is 8.07 Å². The fraction of sp³-hybridized carbons (Fsp3) is 0. The van der Waals surface area contributed by atoms with Crippen molar-refractivity contribution >= 4 is 150 Å². The molecule has 0 fully saturated rings. The summed E-state index contributed by atoms with van der Waals surface area (Å²) < 4.78 is 21.0. The van der Waals surface area contributed by atoms with E-state index in [-0.39, 0.29) is 0 Å². The molecule has 0 amide bonds. The van der Waals surface area contributed by atoms with E-state index in [1.165, 1.54) is 53.4 Å². The number of hydrogen-bond acceptors (Lipinski definition) is 5. The number of para-hydroxylation sites is 4. The van der Waals surface area contributed by atoms with Gasteiger partial charge in [0, 0.05) is 72.5 Å². The molecule has 18 rings (SSSR count). The van der Waals surface area contributed by atoms with Crippen LogP contribution in [0.3, 0.4) is 0 Å². The summed E-state index contributed by atoms with van der Waals surface area (Å²) in [6.45, 7) is 0. The first-order valence-corrected chi connectivity index (χ1v) is 31.4. The Hall–Kier alpha value is -11.2. The molecule has 1 aliphatic heterocycles. The first kappa shape index (κ1) is 48.4. The van der Waals surface area contributed by atoms with Gasteiger partial charge in [-0.1, -0.05) is 206 Å². The smallest absolute Gasteiger partial charge is 0.184 e. The molecule has 0 bridgehead atoms. The third-order valence-corrected chi connectivity index (χ3v) is 22.9. The van der Waals surface area contributed by atoms with E-state index in [1.807, 2.05) is 12.1 Å². The van der Waals surface area contributed by atoms with Crippen LogP contribution in [0.2, 0.25) is 0 Å². The predicted molar refractivity (Wildman–Crippen MR) is 361 cm³/mol. The normalized spacial score (nSPS) is 13.0. The van der Waals surface area contributed by atoms with Crippen LogP contribution in [0, 0.1) is 0 Å². The van der Waals surface area contributed by atoms with Crippen molar-refractivity contribution in [2.24, 2.45) is 0 Å². The van der Waals surface area contributed by atoms with E-state index in [1.54, 1.807) is 0 Å². The van der Waals surface area contributed by atoms with Crippen molar-refractivity contribution in [1.29, 1.82) is 0 Å². The van der Waals surface area contributed by atoms with Gasteiger partial charge in [-0.15, -0.1) is 0 Å². The third kappa shape index (κ3) is 7.30. The maximum Gasteiger partial charge on any atom is 0.184 e. The lowest BCUT2D eigenvalue weighted by Gasteiger charge is -2.45. The van der Waals surface area contributed by atoms with Gasteiger partial charge < -0.3 is 23.1 Å². The van der Waals surface area contributed by atoms with Crippen LogP contribution in [0.15, 0.2) is 317 Å². The Morgan fingerprint density at radius 2 is 0.709 bits per heavy atom. The van der Waals surface area contributed by atoms with Crippen LogP contribution in [0.5, 0.6) is 0 Å². The first-order valence-electron chi connectivity index (χ1n) is 29.4. The van der Waals surface area contributed by atoms with Crippen molar-refractivity contribution in [2.45, 2.75) is 0 Å². The van der Waals surface area contributed by atoms with Crippen molar-refractivity contribution in [2.75, 3.05) is 9.80 Å². The summed E-state index contributed by atoms with van der Waals surface area (Å²) in [5.41, 5.74) is 16.2. The Labute approximate surface area is 496 Å². The molecule has 0 spiro atoms. The molecule has 402 valence electrons. The van der Waals surface area contributed by atoms with Gasteiger partial charge in [0.15, 0.2) is 8.07 Å². The summed E-state index contributed by atoms with van der Waals surface area (Å²) in [7, 11) is -3.39. The molecule has 3 aromatic heterocycles. The fourth-order valence-corrected chi connectivity index (χ4v) is 19.3. The van der Waals surface area contributed by atoms with Crippen LogP contribution in [-0.2, 0) is 0 Å². The van der Waals surface area contributed by atoms with E-state index >= 15 is 0 Å². The van der Waals surface area contributed by atoms with E-state index in [4.69, 9.17) is 13.3 Å². The second-order valence-corrected chi connectivity index (χ2v) is 26.4. The standard InChI is InChI=1S/C80H50N2O3Si/c1-2-20-55(21-3-1)82-71-28-10-13-31-79(71)86(59-41-44-67-65-24-8-11-29-73(65)83-76(67)47-59,60-42-45-68-66-25-9-12-30-74(66)84-77(68)48-60)80-50-78-70(49-72(80)82)69-43-40-58(46-75(69)85-78)81(56-36-32-53(33-37-56)63-26-14-18-51-16-4-6-22-61(51)63)57-38-34-54(35-39-57)64-27-15-19-52-17-5-7-23-62(52)64/h1-50H. The number of benzene rings is 14. The number of fused-ring (bicyclic) bond motifs is 13. The number of anilines is 6. The number of hydrogen-bond donors (Lipinski definition) is 0. The largest absolute Gasteiger partial charge is 0.456 e. The van der Waals surface area contributed by atoms with Crippen molar-refractivity contribution < 1.29 is 13.3 Å². The zero-order valence-electron chi connectivity index (χ0n) is 46.5. The van der Waals surface area contributed by atoms with Crippen LogP contribution in [0.4, 0.5) is 34.1 Å². The zero-order chi connectivity index (χ0) is 56.5. The van der Waals surface area contributed by atoms with Gasteiger partial charge in [-0.2, -0.15) is 0 Å². The quantitative estimate of drug-likeness (QED) is 0.142. The Kier molecular flexibility index (Phi) is 10.6. The van der Waals surface area contributed by atoms with E-state index in [0.717, 1.165) is 111 Å². The minimum Gasteiger partial charge on any atom is -0.456 e. The molecule has 6 heteroatoms. The van der Waals surface area contributed by atoms with Crippen molar-refractivity contribution in [3.05, 3.63) is 303 Å². The average Bonchev–Trinajstić information content (AvgIpc) is 0.983. The van der Waals surface area contributed by atoms with Gasteiger partial charge in [-0.05, 0) is 156 Å². The van der Waals surface area contributed by atoms with Crippen LogP contribution >= 0.6 is 0 Å². The lowest BCUT2D eigenvalue weighted by atomic mass is 9.97. The number of nitrogens with zero attached hydrogens (tertiary/aromatic N) is 2. The molecule has 17 aromatic rings. The molecule has 5 nitrogen and oxygen atoms in total. The molecule has 0 saturated carbocycles. The summed E-state index contributed by atoms with van der Waals surface area (Å²) in [5.74, 6) is 0. The van der Waals surface area contributed by atoms with Crippen molar-refractivity contribution in [3.8, 4) is 22.3 Å². The van der Waals surface area contributed by atoms with Gasteiger partial charge in [-0.3, -0.25) is 0 Å². The van der Waals surface area contributed by atoms with Gasteiger partial charge in [0.1, 0.15) is 33.5 Å². The average molecular weight is 1120 g/mol. The zero-order valence-corrected chi connectivity index (χ0v) is 47.5. The maximum absolute atomic E-state index is 7.37. The summed E-state index contributed by atoms with van der Waals surface area (Å²) in [6.07, 6.45) is 0. The fourth-order valence-electron chi connectivity index (χ4n) is 14.2. The minimum absolute atomic E-state index is 0.799. The molecular formula is C80H50N2O3Si. The van der Waals surface area contributed by atoms with Gasteiger partial charge in [0.25, 0.3) is 0 Å². The van der Waals surface area contributed by atoms with E-state index in [9.17, 15) is 0 Å².